The number of hydrazine groups is 2. The van der Waals surface area contributed by atoms with E-state index >= 15 is 0 Å². The lowest BCUT2D eigenvalue weighted by molar-refractivity contribution is 0.143. The number of unbranched alkanes of at least 4 members (excludes halogenated alkanes) is 1. The highest BCUT2D eigenvalue weighted by atomic mass is 15.7. The van der Waals surface area contributed by atoms with Crippen molar-refractivity contribution in [1.29, 1.82) is 0 Å². The molecule has 0 aliphatic carbocycles. The molecule has 4 N–H and O–H groups in total. The van der Waals surface area contributed by atoms with Crippen molar-refractivity contribution in [2.45, 2.75) is 12.8 Å². The van der Waals surface area contributed by atoms with Crippen LogP contribution in [0.5, 0.6) is 0 Å². The van der Waals surface area contributed by atoms with Gasteiger partial charge >= 0.3 is 0 Å². The average Bonchev–Trinajstić information content (AvgIpc) is 1.99. The van der Waals surface area contributed by atoms with E-state index in [-0.39, 0.29) is 0 Å². The quantitative estimate of drug-likeness (QED) is 0.342. The van der Waals surface area contributed by atoms with Crippen molar-refractivity contribution < 1.29 is 0 Å². The summed E-state index contributed by atoms with van der Waals surface area (Å²) in [4.78, 5) is 0. The van der Waals surface area contributed by atoms with Crippen molar-refractivity contribution in [3.05, 3.63) is 0 Å². The second kappa shape index (κ2) is 6.95. The Kier molecular flexibility index (Phi) is 6.84. The van der Waals surface area contributed by atoms with Gasteiger partial charge in [-0.1, -0.05) is 0 Å². The summed E-state index contributed by atoms with van der Waals surface area (Å²) in [6.45, 7) is 1.77. The summed E-state index contributed by atoms with van der Waals surface area (Å²) in [5, 5.41) is 1.93. The van der Waals surface area contributed by atoms with Crippen molar-refractivity contribution in [1.82, 2.24) is 16.0 Å². The molecule has 0 unspecified atom stereocenters. The summed E-state index contributed by atoms with van der Waals surface area (Å²) in [6.07, 6.45) is 2.21. The molecule has 10 heavy (non-hydrogen) atoms. The van der Waals surface area contributed by atoms with E-state index in [4.69, 9.17) is 5.73 Å². The Morgan fingerprint density at radius 1 is 1.20 bits per heavy atom. The van der Waals surface area contributed by atoms with Crippen molar-refractivity contribution >= 4 is 0 Å². The zero-order valence-corrected chi connectivity index (χ0v) is 6.85. The summed E-state index contributed by atoms with van der Waals surface area (Å²) in [6, 6.07) is 0. The maximum absolute atomic E-state index is 5.34. The SMILES string of the molecule is CNN(CCCCN)NC. The first-order chi connectivity index (χ1) is 4.85. The summed E-state index contributed by atoms with van der Waals surface area (Å²) in [7, 11) is 3.78. The Hall–Kier alpha value is -0.160. The number of nitrogens with zero attached hydrogens (tertiary/aromatic N) is 1. The van der Waals surface area contributed by atoms with E-state index in [1.807, 2.05) is 19.2 Å². The molecular weight excluding hydrogens is 128 g/mol. The summed E-state index contributed by atoms with van der Waals surface area (Å²) in [5.74, 6) is 0. The second-order valence-electron chi connectivity index (χ2n) is 2.09. The molecule has 0 rings (SSSR count). The number of hydrogen-bond acceptors (Lipinski definition) is 4. The molecule has 0 aliphatic heterocycles. The molecule has 0 spiro atoms. The van der Waals surface area contributed by atoms with Crippen LogP contribution in [0.1, 0.15) is 12.8 Å². The first-order valence-electron chi connectivity index (χ1n) is 3.67. The average molecular weight is 146 g/mol. The van der Waals surface area contributed by atoms with Gasteiger partial charge in [-0.25, -0.2) is 10.9 Å². The van der Waals surface area contributed by atoms with Gasteiger partial charge in [0.25, 0.3) is 0 Å². The fourth-order valence-electron chi connectivity index (χ4n) is 0.750. The van der Waals surface area contributed by atoms with Gasteiger partial charge in [0.15, 0.2) is 0 Å². The van der Waals surface area contributed by atoms with Crippen LogP contribution in [0, 0.1) is 0 Å². The lowest BCUT2D eigenvalue weighted by atomic mass is 10.3. The van der Waals surface area contributed by atoms with E-state index in [1.165, 1.54) is 0 Å². The first-order valence-corrected chi connectivity index (χ1v) is 3.67. The van der Waals surface area contributed by atoms with Gasteiger partial charge in [-0.3, -0.25) is 0 Å². The maximum atomic E-state index is 5.34. The molecule has 0 aromatic carbocycles. The van der Waals surface area contributed by atoms with Gasteiger partial charge in [0.05, 0.1) is 0 Å². The fraction of sp³-hybridized carbons (Fsp3) is 1.00. The van der Waals surface area contributed by atoms with Crippen LogP contribution in [0.2, 0.25) is 0 Å². The largest absolute Gasteiger partial charge is 0.330 e. The van der Waals surface area contributed by atoms with E-state index in [0.717, 1.165) is 25.9 Å². The molecule has 0 fully saturated rings. The third-order valence-corrected chi connectivity index (χ3v) is 1.38. The van der Waals surface area contributed by atoms with Gasteiger partial charge in [0.2, 0.25) is 0 Å². The number of nitrogens with one attached hydrogen (secondary N) is 2. The molecule has 4 heteroatoms. The normalized spacial score (nSPS) is 10.8. The lowest BCUT2D eigenvalue weighted by Gasteiger charge is -2.18. The fourth-order valence-corrected chi connectivity index (χ4v) is 0.750. The van der Waals surface area contributed by atoms with Crippen LogP contribution in [0.25, 0.3) is 0 Å². The van der Waals surface area contributed by atoms with Gasteiger partial charge in [0, 0.05) is 20.6 Å². The van der Waals surface area contributed by atoms with Crippen LogP contribution in [-0.4, -0.2) is 32.3 Å². The van der Waals surface area contributed by atoms with Crippen molar-refractivity contribution in [2.75, 3.05) is 27.2 Å². The molecule has 4 nitrogen and oxygen atoms in total. The molecule has 0 saturated carbocycles. The van der Waals surface area contributed by atoms with Crippen molar-refractivity contribution in [3.8, 4) is 0 Å². The van der Waals surface area contributed by atoms with Crippen molar-refractivity contribution in [3.63, 3.8) is 0 Å². The Balaban J connectivity index is 3.09. The van der Waals surface area contributed by atoms with Gasteiger partial charge < -0.3 is 5.73 Å². The van der Waals surface area contributed by atoms with E-state index < -0.39 is 0 Å². The number of rotatable bonds is 6. The third kappa shape index (κ3) is 4.69. The molecule has 0 aromatic heterocycles. The van der Waals surface area contributed by atoms with E-state index in [0.29, 0.717) is 0 Å². The maximum Gasteiger partial charge on any atom is 0.0288 e. The van der Waals surface area contributed by atoms with Crippen LogP contribution in [-0.2, 0) is 0 Å². The highest BCUT2D eigenvalue weighted by molar-refractivity contribution is 4.44. The number of nitrogens with two attached hydrogens (primary N) is 1. The summed E-state index contributed by atoms with van der Waals surface area (Å²) >= 11 is 0. The zero-order valence-electron chi connectivity index (χ0n) is 6.85. The molecule has 0 amide bonds. The standard InChI is InChI=1S/C6H18N4/c1-8-10(9-2)6-4-3-5-7/h8-9H,3-7H2,1-2H3. The minimum atomic E-state index is 0.779. The molecular formula is C6H18N4. The zero-order chi connectivity index (χ0) is 7.82. The van der Waals surface area contributed by atoms with Crippen molar-refractivity contribution in [2.24, 2.45) is 5.73 Å². The highest BCUT2D eigenvalue weighted by Crippen LogP contribution is 1.86. The predicted molar refractivity (Wildman–Crippen MR) is 43.1 cm³/mol. The predicted octanol–water partition coefficient (Wildman–Crippen LogP) is -0.704. The van der Waals surface area contributed by atoms with E-state index in [1.54, 1.807) is 0 Å². The molecule has 62 valence electrons. The van der Waals surface area contributed by atoms with E-state index in [2.05, 4.69) is 10.9 Å². The van der Waals surface area contributed by atoms with E-state index in [9.17, 15) is 0 Å². The van der Waals surface area contributed by atoms with Gasteiger partial charge in [0.1, 0.15) is 0 Å². The molecule has 0 heterocycles. The Morgan fingerprint density at radius 2 is 1.80 bits per heavy atom. The first kappa shape index (κ1) is 9.84. The smallest absolute Gasteiger partial charge is 0.0288 e. The minimum absolute atomic E-state index is 0.779. The molecule has 0 saturated heterocycles. The number of hydrogen-bond donors (Lipinski definition) is 3. The molecule has 0 bridgehead atoms. The topological polar surface area (TPSA) is 53.3 Å². The van der Waals surface area contributed by atoms with Crippen LogP contribution < -0.4 is 16.6 Å². The van der Waals surface area contributed by atoms with Crippen LogP contribution in [0.15, 0.2) is 0 Å². The van der Waals surface area contributed by atoms with Crippen LogP contribution in [0.3, 0.4) is 0 Å². The summed E-state index contributed by atoms with van der Waals surface area (Å²) in [5.41, 5.74) is 11.3. The van der Waals surface area contributed by atoms with Gasteiger partial charge in [-0.15, -0.1) is 0 Å². The Bertz CT molecular complexity index is 62.8. The van der Waals surface area contributed by atoms with Crippen LogP contribution in [0.4, 0.5) is 0 Å². The minimum Gasteiger partial charge on any atom is -0.330 e. The molecule has 0 radical (unpaired) electrons. The highest BCUT2D eigenvalue weighted by Gasteiger charge is 1.94. The van der Waals surface area contributed by atoms with Crippen LogP contribution >= 0.6 is 0 Å². The molecule has 0 atom stereocenters. The molecule has 0 aliphatic rings. The van der Waals surface area contributed by atoms with Gasteiger partial charge in [-0.2, -0.15) is 5.12 Å². The lowest BCUT2D eigenvalue weighted by Crippen LogP contribution is -2.44. The second-order valence-corrected chi connectivity index (χ2v) is 2.09. The van der Waals surface area contributed by atoms with Gasteiger partial charge in [-0.05, 0) is 19.4 Å². The summed E-state index contributed by atoms with van der Waals surface area (Å²) < 4.78 is 0. The Labute approximate surface area is 62.7 Å². The monoisotopic (exact) mass is 146 g/mol. The third-order valence-electron chi connectivity index (χ3n) is 1.38. The Morgan fingerprint density at radius 3 is 2.20 bits per heavy atom. The molecule has 0 aromatic rings.